The molecule has 2 saturated carbocycles. The van der Waals surface area contributed by atoms with Crippen molar-refractivity contribution >= 4 is 11.9 Å². The van der Waals surface area contributed by atoms with E-state index in [9.17, 15) is 4.79 Å². The van der Waals surface area contributed by atoms with Gasteiger partial charge in [-0.2, -0.15) is 0 Å². The van der Waals surface area contributed by atoms with E-state index in [-0.39, 0.29) is 17.6 Å². The van der Waals surface area contributed by atoms with Gasteiger partial charge in [0.15, 0.2) is 0 Å². The zero-order chi connectivity index (χ0) is 18.3. The first kappa shape index (κ1) is 17.4. The number of rotatable bonds is 4. The lowest BCUT2D eigenvalue weighted by atomic mass is 9.53. The van der Waals surface area contributed by atoms with Gasteiger partial charge in [-0.25, -0.2) is 9.97 Å². The number of hydrogen-bond donors (Lipinski definition) is 3. The molecule has 0 bridgehead atoms. The van der Waals surface area contributed by atoms with Gasteiger partial charge < -0.3 is 20.7 Å². The van der Waals surface area contributed by atoms with Gasteiger partial charge in [0.1, 0.15) is 0 Å². The molecule has 1 aromatic rings. The summed E-state index contributed by atoms with van der Waals surface area (Å²) in [7, 11) is 0. The first-order chi connectivity index (χ1) is 13.2. The quantitative estimate of drug-likeness (QED) is 0.747. The van der Waals surface area contributed by atoms with Crippen LogP contribution in [0, 0.1) is 11.8 Å². The lowest BCUT2D eigenvalue weighted by Gasteiger charge is -2.57. The van der Waals surface area contributed by atoms with Crippen LogP contribution >= 0.6 is 0 Å². The second kappa shape index (κ2) is 7.02. The van der Waals surface area contributed by atoms with Gasteiger partial charge in [0, 0.05) is 37.0 Å². The van der Waals surface area contributed by atoms with Gasteiger partial charge in [-0.05, 0) is 64.0 Å². The number of anilines is 1. The minimum absolute atomic E-state index is 0.0775. The van der Waals surface area contributed by atoms with Crippen LogP contribution in [0.25, 0.3) is 0 Å². The predicted octanol–water partition coefficient (Wildman–Crippen LogP) is 1.72. The number of nitrogens with one attached hydrogen (secondary N) is 3. The molecule has 146 valence electrons. The Morgan fingerprint density at radius 3 is 2.78 bits per heavy atom. The fraction of sp³-hybridized carbons (Fsp3) is 0.750. The molecule has 7 heteroatoms. The Morgan fingerprint density at radius 1 is 1.19 bits per heavy atom. The molecule has 2 aliphatic heterocycles. The van der Waals surface area contributed by atoms with Crippen molar-refractivity contribution in [3.63, 3.8) is 0 Å². The monoisotopic (exact) mass is 371 g/mol. The van der Waals surface area contributed by atoms with Gasteiger partial charge in [0.25, 0.3) is 5.91 Å². The summed E-state index contributed by atoms with van der Waals surface area (Å²) < 4.78 is 6.20. The van der Waals surface area contributed by atoms with E-state index in [1.807, 2.05) is 0 Å². The van der Waals surface area contributed by atoms with E-state index in [0.717, 1.165) is 44.9 Å². The first-order valence-corrected chi connectivity index (χ1v) is 10.5. The second-order valence-corrected chi connectivity index (χ2v) is 8.57. The van der Waals surface area contributed by atoms with Crippen molar-refractivity contribution in [1.82, 2.24) is 20.6 Å². The Kier molecular flexibility index (Phi) is 4.52. The molecule has 4 unspecified atom stereocenters. The summed E-state index contributed by atoms with van der Waals surface area (Å²) in [5.41, 5.74) is 0.659. The maximum absolute atomic E-state index is 12.4. The summed E-state index contributed by atoms with van der Waals surface area (Å²) >= 11 is 0. The molecule has 3 heterocycles. The SMILES string of the molecule is O=C(NC1CCNCC1)c1cnc(NC2CCCC34OCCC3CC24)nc1. The molecule has 7 nitrogen and oxygen atoms in total. The molecule has 1 amide bonds. The number of aromatic nitrogens is 2. The van der Waals surface area contributed by atoms with Crippen LogP contribution in [0.4, 0.5) is 5.95 Å². The standard InChI is InChI=1S/C20H29N5O2/c26-18(24-15-3-7-21-8-4-15)13-11-22-19(23-12-13)25-17-2-1-6-20-14(5-9-27-20)10-16(17)20/h11-12,14-17,21H,1-10H2,(H,24,26)(H,22,23,25). The van der Waals surface area contributed by atoms with Crippen molar-refractivity contribution in [2.75, 3.05) is 25.0 Å². The molecule has 0 radical (unpaired) electrons. The molecule has 27 heavy (non-hydrogen) atoms. The highest BCUT2D eigenvalue weighted by molar-refractivity contribution is 5.93. The van der Waals surface area contributed by atoms with Gasteiger partial charge in [-0.3, -0.25) is 4.79 Å². The Balaban J connectivity index is 1.20. The van der Waals surface area contributed by atoms with Crippen molar-refractivity contribution < 1.29 is 9.53 Å². The van der Waals surface area contributed by atoms with Crippen LogP contribution in [0.2, 0.25) is 0 Å². The lowest BCUT2D eigenvalue weighted by Crippen LogP contribution is -2.61. The van der Waals surface area contributed by atoms with Crippen LogP contribution < -0.4 is 16.0 Å². The summed E-state index contributed by atoms with van der Waals surface area (Å²) in [5, 5.41) is 9.92. The molecule has 5 rings (SSSR count). The Bertz CT molecular complexity index is 690. The maximum atomic E-state index is 12.4. The van der Waals surface area contributed by atoms with E-state index < -0.39 is 0 Å². The van der Waals surface area contributed by atoms with Crippen LogP contribution in [-0.4, -0.2) is 53.3 Å². The Morgan fingerprint density at radius 2 is 2.00 bits per heavy atom. The summed E-state index contributed by atoms with van der Waals surface area (Å²) in [5.74, 6) is 1.88. The van der Waals surface area contributed by atoms with E-state index in [1.54, 1.807) is 12.4 Å². The third-order valence-corrected chi connectivity index (χ3v) is 7.17. The van der Waals surface area contributed by atoms with Crippen molar-refractivity contribution in [3.05, 3.63) is 18.0 Å². The number of carbonyl (C=O) groups excluding carboxylic acids is 1. The topological polar surface area (TPSA) is 88.2 Å². The average Bonchev–Trinajstić information content (AvgIpc) is 2.96. The van der Waals surface area contributed by atoms with Crippen LogP contribution in [-0.2, 0) is 4.74 Å². The van der Waals surface area contributed by atoms with Gasteiger partial charge in [-0.1, -0.05) is 0 Å². The smallest absolute Gasteiger partial charge is 0.254 e. The highest BCUT2D eigenvalue weighted by Gasteiger charge is 2.62. The maximum Gasteiger partial charge on any atom is 0.254 e. The van der Waals surface area contributed by atoms with Crippen molar-refractivity contribution in [2.24, 2.45) is 11.8 Å². The highest BCUT2D eigenvalue weighted by atomic mass is 16.5. The number of amides is 1. The zero-order valence-corrected chi connectivity index (χ0v) is 15.7. The molecule has 1 aromatic heterocycles. The zero-order valence-electron chi connectivity index (χ0n) is 15.7. The van der Waals surface area contributed by atoms with E-state index in [1.165, 1.54) is 25.7 Å². The van der Waals surface area contributed by atoms with Crippen LogP contribution in [0.5, 0.6) is 0 Å². The van der Waals surface area contributed by atoms with Gasteiger partial charge in [-0.15, -0.1) is 0 Å². The number of nitrogens with zero attached hydrogens (tertiary/aromatic N) is 2. The van der Waals surface area contributed by atoms with Gasteiger partial charge in [0.05, 0.1) is 11.2 Å². The average molecular weight is 371 g/mol. The van der Waals surface area contributed by atoms with Gasteiger partial charge >= 0.3 is 0 Å². The molecule has 4 atom stereocenters. The predicted molar refractivity (Wildman–Crippen MR) is 102 cm³/mol. The third kappa shape index (κ3) is 3.10. The molecule has 1 spiro atoms. The number of carbonyl (C=O) groups is 1. The fourth-order valence-corrected chi connectivity index (χ4v) is 5.69. The van der Waals surface area contributed by atoms with Crippen molar-refractivity contribution in [2.45, 2.75) is 62.6 Å². The number of ether oxygens (including phenoxy) is 1. The van der Waals surface area contributed by atoms with Crippen LogP contribution in [0.1, 0.15) is 55.3 Å². The Labute approximate surface area is 160 Å². The molecule has 4 fully saturated rings. The molecular formula is C20H29N5O2. The minimum Gasteiger partial charge on any atom is -0.374 e. The molecule has 2 aliphatic carbocycles. The molecule has 3 N–H and O–H groups in total. The van der Waals surface area contributed by atoms with Crippen molar-refractivity contribution in [1.29, 1.82) is 0 Å². The molecule has 2 saturated heterocycles. The van der Waals surface area contributed by atoms with Crippen LogP contribution in [0.15, 0.2) is 12.4 Å². The molecule has 4 aliphatic rings. The van der Waals surface area contributed by atoms with Crippen molar-refractivity contribution in [3.8, 4) is 0 Å². The summed E-state index contributed by atoms with van der Waals surface area (Å²) in [6.45, 7) is 2.84. The summed E-state index contributed by atoms with van der Waals surface area (Å²) in [6.07, 6.45) is 11.2. The van der Waals surface area contributed by atoms with Crippen LogP contribution in [0.3, 0.4) is 0 Å². The second-order valence-electron chi connectivity index (χ2n) is 8.57. The fourth-order valence-electron chi connectivity index (χ4n) is 5.69. The lowest BCUT2D eigenvalue weighted by molar-refractivity contribution is -0.161. The number of hydrogen-bond acceptors (Lipinski definition) is 6. The molecule has 0 aromatic carbocycles. The van der Waals surface area contributed by atoms with Gasteiger partial charge in [0.2, 0.25) is 5.95 Å². The normalized spacial score (nSPS) is 35.6. The summed E-state index contributed by atoms with van der Waals surface area (Å²) in [4.78, 5) is 21.2. The minimum atomic E-state index is -0.0775. The van der Waals surface area contributed by atoms with E-state index in [0.29, 0.717) is 23.5 Å². The molecular weight excluding hydrogens is 342 g/mol. The first-order valence-electron chi connectivity index (χ1n) is 10.5. The third-order valence-electron chi connectivity index (χ3n) is 7.17. The van der Waals surface area contributed by atoms with E-state index in [2.05, 4.69) is 25.9 Å². The highest BCUT2D eigenvalue weighted by Crippen LogP contribution is 2.59. The Hall–Kier alpha value is -1.73. The largest absolute Gasteiger partial charge is 0.374 e. The van der Waals surface area contributed by atoms with E-state index in [4.69, 9.17) is 4.74 Å². The summed E-state index contributed by atoms with van der Waals surface area (Å²) in [6, 6.07) is 0.621. The van der Waals surface area contributed by atoms with E-state index >= 15 is 0 Å². The number of piperidine rings is 1.